The van der Waals surface area contributed by atoms with Crippen LogP contribution in [-0.4, -0.2) is 42.3 Å². The molecule has 1 heterocycles. The van der Waals surface area contributed by atoms with Crippen LogP contribution in [0, 0.1) is 0 Å². The number of aryl methyl sites for hydroxylation is 1. The third kappa shape index (κ3) is 5.91. The van der Waals surface area contributed by atoms with Crippen LogP contribution >= 0.6 is 12.4 Å². The number of unbranched alkanes of at least 4 members (excludes halogenated alkanes) is 1. The molecule has 1 aliphatic rings. The fourth-order valence-electron chi connectivity index (χ4n) is 2.96. The molecule has 1 aromatic rings. The van der Waals surface area contributed by atoms with E-state index in [1.807, 2.05) is 36.1 Å². The van der Waals surface area contributed by atoms with Gasteiger partial charge in [-0.1, -0.05) is 37.6 Å². The Morgan fingerprint density at radius 2 is 1.92 bits per heavy atom. The van der Waals surface area contributed by atoms with Gasteiger partial charge in [0.25, 0.3) is 0 Å². The van der Waals surface area contributed by atoms with Crippen LogP contribution in [-0.2, 0) is 11.2 Å². The van der Waals surface area contributed by atoms with E-state index in [0.29, 0.717) is 18.4 Å². The lowest BCUT2D eigenvalue weighted by molar-refractivity contribution is -0.133. The van der Waals surface area contributed by atoms with Crippen molar-refractivity contribution in [1.29, 1.82) is 0 Å². The molecular formula is C19H29ClN2O2. The van der Waals surface area contributed by atoms with Gasteiger partial charge in [0.15, 0.2) is 5.78 Å². The van der Waals surface area contributed by atoms with Crippen molar-refractivity contribution in [2.45, 2.75) is 52.0 Å². The van der Waals surface area contributed by atoms with E-state index in [9.17, 15) is 9.59 Å². The molecule has 134 valence electrons. The summed E-state index contributed by atoms with van der Waals surface area (Å²) in [6.45, 7) is 6.62. The van der Waals surface area contributed by atoms with Gasteiger partial charge in [0.05, 0.1) is 0 Å². The minimum atomic E-state index is 0. The van der Waals surface area contributed by atoms with Gasteiger partial charge in [-0.25, -0.2) is 0 Å². The summed E-state index contributed by atoms with van der Waals surface area (Å²) in [5.41, 5.74) is 1.99. The Balaban J connectivity index is 0.00000288. The average Bonchev–Trinajstić information content (AvgIpc) is 2.58. The van der Waals surface area contributed by atoms with Gasteiger partial charge in [0.1, 0.15) is 0 Å². The number of nitrogens with one attached hydrogen (secondary N) is 1. The number of hydrogen-bond acceptors (Lipinski definition) is 3. The largest absolute Gasteiger partial charge is 0.337 e. The molecular weight excluding hydrogens is 324 g/mol. The highest BCUT2D eigenvalue weighted by molar-refractivity contribution is 5.98. The number of nitrogens with zero attached hydrogens (tertiary/aromatic N) is 1. The van der Waals surface area contributed by atoms with Gasteiger partial charge in [-0.05, 0) is 25.3 Å². The van der Waals surface area contributed by atoms with Crippen molar-refractivity contribution < 1.29 is 9.59 Å². The molecule has 0 aliphatic carbocycles. The minimum Gasteiger partial charge on any atom is -0.337 e. The molecule has 2 rings (SSSR count). The molecule has 0 aromatic heterocycles. The van der Waals surface area contributed by atoms with Crippen LogP contribution in [0.4, 0.5) is 0 Å². The van der Waals surface area contributed by atoms with Crippen LogP contribution in [0.2, 0.25) is 0 Å². The summed E-state index contributed by atoms with van der Waals surface area (Å²) in [7, 11) is 0. The Labute approximate surface area is 151 Å². The summed E-state index contributed by atoms with van der Waals surface area (Å²) < 4.78 is 0. The van der Waals surface area contributed by atoms with Crippen molar-refractivity contribution in [2.75, 3.05) is 19.6 Å². The monoisotopic (exact) mass is 352 g/mol. The van der Waals surface area contributed by atoms with Gasteiger partial charge in [0.2, 0.25) is 5.91 Å². The maximum atomic E-state index is 12.3. The molecule has 5 heteroatoms. The molecule has 0 spiro atoms. The van der Waals surface area contributed by atoms with Crippen LogP contribution in [0.5, 0.6) is 0 Å². The molecule has 4 nitrogen and oxygen atoms in total. The zero-order valence-corrected chi connectivity index (χ0v) is 15.5. The van der Waals surface area contributed by atoms with Gasteiger partial charge in [-0.2, -0.15) is 0 Å². The van der Waals surface area contributed by atoms with Crippen molar-refractivity contribution in [3.05, 3.63) is 35.4 Å². The number of carbonyl (C=O) groups is 2. The first-order chi connectivity index (χ1) is 11.1. The Morgan fingerprint density at radius 1 is 1.21 bits per heavy atom. The summed E-state index contributed by atoms with van der Waals surface area (Å²) >= 11 is 0. The fraction of sp³-hybridized carbons (Fsp3) is 0.579. The molecule has 1 fully saturated rings. The smallest absolute Gasteiger partial charge is 0.223 e. The lowest BCUT2D eigenvalue weighted by atomic mass is 10.0. The first kappa shape index (κ1) is 20.7. The quantitative estimate of drug-likeness (QED) is 0.766. The van der Waals surface area contributed by atoms with Gasteiger partial charge in [-0.15, -0.1) is 12.4 Å². The highest BCUT2D eigenvalue weighted by atomic mass is 35.5. The first-order valence-electron chi connectivity index (χ1n) is 8.74. The number of hydrogen-bond donors (Lipinski definition) is 1. The maximum absolute atomic E-state index is 12.3. The van der Waals surface area contributed by atoms with Gasteiger partial charge < -0.3 is 10.2 Å². The molecule has 1 aromatic carbocycles. The van der Waals surface area contributed by atoms with E-state index in [1.165, 1.54) is 18.4 Å². The molecule has 0 radical (unpaired) electrons. The summed E-state index contributed by atoms with van der Waals surface area (Å²) in [6.07, 6.45) is 4.01. The van der Waals surface area contributed by atoms with Gasteiger partial charge in [0, 0.05) is 44.1 Å². The molecule has 24 heavy (non-hydrogen) atoms. The highest BCUT2D eigenvalue weighted by Crippen LogP contribution is 2.12. The van der Waals surface area contributed by atoms with E-state index in [-0.39, 0.29) is 30.1 Å². The molecule has 1 amide bonds. The topological polar surface area (TPSA) is 49.4 Å². The second kappa shape index (κ2) is 10.5. The van der Waals surface area contributed by atoms with Crippen LogP contribution in [0.15, 0.2) is 24.3 Å². The number of rotatable bonds is 7. The van der Waals surface area contributed by atoms with Crippen molar-refractivity contribution in [1.82, 2.24) is 10.2 Å². The van der Waals surface area contributed by atoms with E-state index in [2.05, 4.69) is 12.2 Å². The number of carbonyl (C=O) groups excluding carboxylic acids is 2. The summed E-state index contributed by atoms with van der Waals surface area (Å²) in [5.74, 6) is 0.148. The second-order valence-corrected chi connectivity index (χ2v) is 6.36. The molecule has 1 aliphatic heterocycles. The van der Waals surface area contributed by atoms with Crippen molar-refractivity contribution in [3.63, 3.8) is 0 Å². The Hall–Kier alpha value is -1.39. The maximum Gasteiger partial charge on any atom is 0.223 e. The third-order valence-electron chi connectivity index (χ3n) is 4.48. The van der Waals surface area contributed by atoms with E-state index in [1.54, 1.807) is 0 Å². The average molecular weight is 353 g/mol. The fourth-order valence-corrected chi connectivity index (χ4v) is 2.96. The second-order valence-electron chi connectivity index (χ2n) is 6.36. The predicted octanol–water partition coefficient (Wildman–Crippen LogP) is 3.23. The van der Waals surface area contributed by atoms with Gasteiger partial charge >= 0.3 is 0 Å². The molecule has 0 bridgehead atoms. The zero-order valence-electron chi connectivity index (χ0n) is 14.7. The van der Waals surface area contributed by atoms with E-state index < -0.39 is 0 Å². The predicted molar refractivity (Wildman–Crippen MR) is 99.9 cm³/mol. The van der Waals surface area contributed by atoms with Crippen LogP contribution in [0.1, 0.15) is 55.5 Å². The standard InChI is InChI=1S/C19H28N2O2.ClH/c1-3-4-5-16-6-8-17(9-7-16)18(22)10-11-19(23)21-13-12-20-14-15(21)2;/h6-9,15,20H,3-5,10-14H2,1-2H3;1H. The number of amides is 1. The molecule has 0 saturated carbocycles. The van der Waals surface area contributed by atoms with E-state index in [0.717, 1.165) is 26.1 Å². The Kier molecular flexibility index (Phi) is 9.01. The number of piperazine rings is 1. The van der Waals surface area contributed by atoms with Crippen molar-refractivity contribution in [3.8, 4) is 0 Å². The van der Waals surface area contributed by atoms with E-state index in [4.69, 9.17) is 0 Å². The number of benzene rings is 1. The molecule has 1 saturated heterocycles. The van der Waals surface area contributed by atoms with Crippen LogP contribution in [0.3, 0.4) is 0 Å². The lowest BCUT2D eigenvalue weighted by Gasteiger charge is -2.34. The summed E-state index contributed by atoms with van der Waals surface area (Å²) in [6, 6.07) is 8.06. The number of ketones is 1. The molecule has 1 atom stereocenters. The number of halogens is 1. The van der Waals surface area contributed by atoms with Crippen LogP contribution < -0.4 is 5.32 Å². The summed E-state index contributed by atoms with van der Waals surface area (Å²) in [4.78, 5) is 26.4. The van der Waals surface area contributed by atoms with Crippen LogP contribution in [0.25, 0.3) is 0 Å². The Morgan fingerprint density at radius 3 is 2.54 bits per heavy atom. The zero-order chi connectivity index (χ0) is 16.7. The van der Waals surface area contributed by atoms with Gasteiger partial charge in [-0.3, -0.25) is 9.59 Å². The molecule has 1 unspecified atom stereocenters. The summed E-state index contributed by atoms with van der Waals surface area (Å²) in [5, 5.41) is 3.27. The van der Waals surface area contributed by atoms with E-state index >= 15 is 0 Å². The highest BCUT2D eigenvalue weighted by Gasteiger charge is 2.23. The van der Waals surface area contributed by atoms with Crippen molar-refractivity contribution >= 4 is 24.1 Å². The number of Topliss-reactive ketones (excluding diaryl/α,β-unsaturated/α-hetero) is 1. The third-order valence-corrected chi connectivity index (χ3v) is 4.48. The first-order valence-corrected chi connectivity index (χ1v) is 8.74. The minimum absolute atomic E-state index is 0. The SMILES string of the molecule is CCCCc1ccc(C(=O)CCC(=O)N2CCNCC2C)cc1.Cl. The Bertz CT molecular complexity index is 531. The van der Waals surface area contributed by atoms with Crippen molar-refractivity contribution in [2.24, 2.45) is 0 Å². The normalized spacial score (nSPS) is 17.2. The lowest BCUT2D eigenvalue weighted by Crippen LogP contribution is -2.52. The molecule has 1 N–H and O–H groups in total.